The fourth-order valence-electron chi connectivity index (χ4n) is 3.63. The van der Waals surface area contributed by atoms with Crippen LogP contribution in [0.2, 0.25) is 20.1 Å². The Bertz CT molecular complexity index is 1420. The minimum atomic E-state index is -0.556. The van der Waals surface area contributed by atoms with E-state index in [-0.39, 0.29) is 36.8 Å². The Morgan fingerprint density at radius 2 is 1.61 bits per heavy atom. The summed E-state index contributed by atoms with van der Waals surface area (Å²) in [5.74, 6) is -0.449. The Morgan fingerprint density at radius 1 is 0.968 bits per heavy atom. The molecule has 9 heteroatoms. The molecule has 0 saturated heterocycles. The van der Waals surface area contributed by atoms with Crippen molar-refractivity contribution in [2.75, 3.05) is 0 Å². The van der Waals surface area contributed by atoms with Crippen LogP contribution in [-0.4, -0.2) is 21.1 Å². The molecule has 5 nitrogen and oxygen atoms in total. The number of furan rings is 1. The number of hydrogen-bond donors (Lipinski definition) is 0. The van der Waals surface area contributed by atoms with E-state index < -0.39 is 11.6 Å². The number of aromatic nitrogens is 2. The summed E-state index contributed by atoms with van der Waals surface area (Å²) in [4.78, 5) is 30.1. The lowest BCUT2D eigenvalue weighted by atomic mass is 10.1. The van der Waals surface area contributed by atoms with Crippen LogP contribution in [0.1, 0.15) is 26.4 Å². The number of hydrogen-bond acceptors (Lipinski definition) is 4. The third-order valence-corrected chi connectivity index (χ3v) is 7.02. The molecule has 0 aliphatic heterocycles. The van der Waals surface area contributed by atoms with Gasteiger partial charge in [-0.15, -0.1) is 0 Å². The van der Waals surface area contributed by atoms with Crippen molar-refractivity contribution in [3.63, 3.8) is 0 Å². The van der Waals surface area contributed by atoms with E-state index in [4.69, 9.17) is 50.8 Å². The van der Waals surface area contributed by atoms with Gasteiger partial charge in [-0.05, 0) is 18.2 Å². The third-order valence-electron chi connectivity index (χ3n) is 5.22. The molecular weight excluding hydrogens is 482 g/mol. The molecule has 154 valence electrons. The number of carbonyl (C=O) groups excluding carboxylic acids is 2. The van der Waals surface area contributed by atoms with Crippen LogP contribution in [0.3, 0.4) is 0 Å². The van der Waals surface area contributed by atoms with E-state index in [0.29, 0.717) is 17.0 Å². The molecule has 0 bridgehead atoms. The number of benzene rings is 1. The van der Waals surface area contributed by atoms with Crippen molar-refractivity contribution < 1.29 is 14.0 Å². The smallest absolute Gasteiger partial charge is 0.199 e. The first-order chi connectivity index (χ1) is 14.8. The van der Waals surface area contributed by atoms with Crippen molar-refractivity contribution in [1.82, 2.24) is 9.55 Å². The lowest BCUT2D eigenvalue weighted by molar-refractivity contribution is 0.0990. The number of halogens is 4. The van der Waals surface area contributed by atoms with Crippen molar-refractivity contribution >= 4 is 75.1 Å². The van der Waals surface area contributed by atoms with E-state index in [1.54, 1.807) is 18.5 Å². The van der Waals surface area contributed by atoms with Crippen LogP contribution >= 0.6 is 46.4 Å². The molecule has 3 heterocycles. The number of Topliss-reactive ketones (excluding diaryl/α,β-unsaturated/α-hetero) is 2. The molecule has 0 saturated carbocycles. The van der Waals surface area contributed by atoms with E-state index in [1.165, 1.54) is 6.08 Å². The maximum atomic E-state index is 13.0. The van der Waals surface area contributed by atoms with Gasteiger partial charge in [0, 0.05) is 42.8 Å². The van der Waals surface area contributed by atoms with Crippen molar-refractivity contribution in [3.05, 3.63) is 79.1 Å². The predicted octanol–water partition coefficient (Wildman–Crippen LogP) is 6.91. The number of allylic oxidation sites excluding steroid dienone is 1. The van der Waals surface area contributed by atoms with Gasteiger partial charge in [0.05, 0.1) is 42.3 Å². The molecule has 0 fully saturated rings. The molecule has 1 aromatic carbocycles. The number of ketones is 2. The Labute approximate surface area is 195 Å². The number of rotatable bonds is 2. The molecule has 0 radical (unpaired) electrons. The minimum absolute atomic E-state index is 0.0333. The lowest BCUT2D eigenvalue weighted by Gasteiger charge is -2.07. The summed E-state index contributed by atoms with van der Waals surface area (Å²) in [6.45, 7) is 0. The highest BCUT2D eigenvalue weighted by atomic mass is 35.5. The van der Waals surface area contributed by atoms with Gasteiger partial charge in [-0.3, -0.25) is 14.6 Å². The highest BCUT2D eigenvalue weighted by molar-refractivity contribution is 6.57. The average Bonchev–Trinajstić information content (AvgIpc) is 3.39. The Morgan fingerprint density at radius 3 is 2.16 bits per heavy atom. The topological polar surface area (TPSA) is 65.1 Å². The second-order valence-electron chi connectivity index (χ2n) is 6.95. The van der Waals surface area contributed by atoms with Crippen molar-refractivity contribution in [1.29, 1.82) is 0 Å². The molecule has 0 atom stereocenters. The summed E-state index contributed by atoms with van der Waals surface area (Å²) in [6, 6.07) is 7.33. The molecule has 0 unspecified atom stereocenters. The van der Waals surface area contributed by atoms with Gasteiger partial charge in [-0.1, -0.05) is 46.4 Å². The van der Waals surface area contributed by atoms with E-state index in [2.05, 4.69) is 4.98 Å². The van der Waals surface area contributed by atoms with Gasteiger partial charge < -0.3 is 8.98 Å². The maximum absolute atomic E-state index is 13.0. The molecule has 0 spiro atoms. The number of pyridine rings is 1. The van der Waals surface area contributed by atoms with E-state index >= 15 is 0 Å². The van der Waals surface area contributed by atoms with E-state index in [9.17, 15) is 9.59 Å². The molecule has 0 amide bonds. The van der Waals surface area contributed by atoms with Crippen LogP contribution in [0.4, 0.5) is 0 Å². The molecule has 1 aliphatic carbocycles. The van der Waals surface area contributed by atoms with Crippen LogP contribution in [0, 0.1) is 0 Å². The number of aryl methyl sites for hydroxylation is 1. The lowest BCUT2D eigenvalue weighted by Crippen LogP contribution is -2.02. The Hall–Kier alpha value is -2.57. The normalized spacial score (nSPS) is 13.4. The van der Waals surface area contributed by atoms with Gasteiger partial charge in [-0.2, -0.15) is 0 Å². The second kappa shape index (κ2) is 7.24. The standard InChI is InChI=1S/C22H10Cl4N2O3/c1-28-10(6-14-12(28)7-13(31-14)9-3-2-4-27-8-9)5-11-21(29)15-16(22(11)30)18(24)20(26)19(25)17(15)23/h2-8H,1H3. The van der Waals surface area contributed by atoms with Crippen LogP contribution in [0.15, 0.2) is 46.6 Å². The fraction of sp³-hybridized carbons (Fsp3) is 0.0455. The molecule has 0 N–H and O–H groups in total. The monoisotopic (exact) mass is 490 g/mol. The number of nitrogens with zero attached hydrogens (tertiary/aromatic N) is 2. The summed E-state index contributed by atoms with van der Waals surface area (Å²) in [7, 11) is 1.81. The zero-order valence-electron chi connectivity index (χ0n) is 15.7. The largest absolute Gasteiger partial charge is 0.454 e. The molecular formula is C22H10Cl4N2O3. The van der Waals surface area contributed by atoms with Crippen LogP contribution < -0.4 is 0 Å². The first-order valence-corrected chi connectivity index (χ1v) is 10.5. The predicted molar refractivity (Wildman–Crippen MR) is 122 cm³/mol. The van der Waals surface area contributed by atoms with Crippen molar-refractivity contribution in [2.45, 2.75) is 0 Å². The number of fused-ring (bicyclic) bond motifs is 2. The summed E-state index contributed by atoms with van der Waals surface area (Å²) in [5.41, 5.74) is 2.69. The van der Waals surface area contributed by atoms with Crippen LogP contribution in [-0.2, 0) is 7.05 Å². The maximum Gasteiger partial charge on any atom is 0.199 e. The summed E-state index contributed by atoms with van der Waals surface area (Å²) < 4.78 is 7.75. The SMILES string of the molecule is Cn1c(C=C2C(=O)c3c(Cl)c(Cl)c(Cl)c(Cl)c3C2=O)cc2oc(-c3cccnc3)cc21. The molecule has 31 heavy (non-hydrogen) atoms. The summed E-state index contributed by atoms with van der Waals surface area (Å²) in [6.07, 6.45) is 4.87. The van der Waals surface area contributed by atoms with Crippen molar-refractivity contribution in [2.24, 2.45) is 7.05 Å². The van der Waals surface area contributed by atoms with Gasteiger partial charge in [0.25, 0.3) is 0 Å². The van der Waals surface area contributed by atoms with Gasteiger partial charge in [-0.25, -0.2) is 0 Å². The first kappa shape index (κ1) is 20.3. The van der Waals surface area contributed by atoms with Gasteiger partial charge in [0.2, 0.25) is 0 Å². The first-order valence-electron chi connectivity index (χ1n) is 8.96. The zero-order chi connectivity index (χ0) is 22.0. The fourth-order valence-corrected chi connectivity index (χ4v) is 4.65. The van der Waals surface area contributed by atoms with E-state index in [1.807, 2.05) is 29.8 Å². The number of carbonyl (C=O) groups is 2. The highest BCUT2D eigenvalue weighted by Crippen LogP contribution is 2.46. The highest BCUT2D eigenvalue weighted by Gasteiger charge is 2.39. The average molecular weight is 492 g/mol. The van der Waals surface area contributed by atoms with Crippen molar-refractivity contribution in [3.8, 4) is 11.3 Å². The minimum Gasteiger partial charge on any atom is -0.454 e. The molecule has 3 aromatic heterocycles. The zero-order valence-corrected chi connectivity index (χ0v) is 18.7. The Kier molecular flexibility index (Phi) is 4.75. The third kappa shape index (κ3) is 2.96. The van der Waals surface area contributed by atoms with Gasteiger partial charge in [0.1, 0.15) is 5.76 Å². The van der Waals surface area contributed by atoms with Gasteiger partial charge >= 0.3 is 0 Å². The molecule has 1 aliphatic rings. The Balaban J connectivity index is 1.61. The molecule has 4 aromatic rings. The summed E-state index contributed by atoms with van der Waals surface area (Å²) in [5, 5.41) is -0.299. The quantitative estimate of drug-likeness (QED) is 0.132. The van der Waals surface area contributed by atoms with E-state index in [0.717, 1.165) is 11.1 Å². The molecule has 5 rings (SSSR count). The van der Waals surface area contributed by atoms with Crippen LogP contribution in [0.25, 0.3) is 28.5 Å². The summed E-state index contributed by atoms with van der Waals surface area (Å²) >= 11 is 24.5. The van der Waals surface area contributed by atoms with Gasteiger partial charge in [0.15, 0.2) is 17.1 Å². The van der Waals surface area contributed by atoms with Crippen LogP contribution in [0.5, 0.6) is 0 Å². The second-order valence-corrected chi connectivity index (χ2v) is 8.46.